The van der Waals surface area contributed by atoms with Crippen LogP contribution in [0.25, 0.3) is 11.2 Å². The first kappa shape index (κ1) is 10.1. The van der Waals surface area contributed by atoms with Gasteiger partial charge in [0.25, 0.3) is 0 Å². The van der Waals surface area contributed by atoms with Crippen molar-refractivity contribution in [2.75, 3.05) is 0 Å². The highest BCUT2D eigenvalue weighted by Crippen LogP contribution is 2.21. The van der Waals surface area contributed by atoms with Crippen LogP contribution in [0.3, 0.4) is 0 Å². The maximum absolute atomic E-state index is 5.80. The standard InChI is InChI=1S/C11H15N3O/c1-6-4-5-9-10(13-6)14-11(15-9)7(2)8(3)12/h4-5,7-8H,12H2,1-3H3. The molecule has 2 rings (SSSR count). The summed E-state index contributed by atoms with van der Waals surface area (Å²) in [7, 11) is 0. The fraction of sp³-hybridized carbons (Fsp3) is 0.455. The zero-order valence-electron chi connectivity index (χ0n) is 9.19. The van der Waals surface area contributed by atoms with Gasteiger partial charge in [0.15, 0.2) is 11.2 Å². The lowest BCUT2D eigenvalue weighted by atomic mass is 10.1. The van der Waals surface area contributed by atoms with Crippen LogP contribution in [0.4, 0.5) is 0 Å². The fourth-order valence-electron chi connectivity index (χ4n) is 1.35. The molecule has 80 valence electrons. The molecule has 0 spiro atoms. The van der Waals surface area contributed by atoms with Crippen molar-refractivity contribution in [3.8, 4) is 0 Å². The van der Waals surface area contributed by atoms with Gasteiger partial charge in [-0.3, -0.25) is 0 Å². The minimum Gasteiger partial charge on any atom is -0.439 e. The number of aromatic nitrogens is 2. The molecule has 2 N–H and O–H groups in total. The van der Waals surface area contributed by atoms with Crippen LogP contribution in [0.5, 0.6) is 0 Å². The Labute approximate surface area is 88.5 Å². The summed E-state index contributed by atoms with van der Waals surface area (Å²) in [5.74, 6) is 0.776. The van der Waals surface area contributed by atoms with Crippen LogP contribution in [-0.2, 0) is 0 Å². The van der Waals surface area contributed by atoms with Crippen molar-refractivity contribution in [3.05, 3.63) is 23.7 Å². The zero-order valence-corrected chi connectivity index (χ0v) is 9.19. The van der Waals surface area contributed by atoms with E-state index >= 15 is 0 Å². The first-order valence-electron chi connectivity index (χ1n) is 5.07. The summed E-state index contributed by atoms with van der Waals surface area (Å²) >= 11 is 0. The molecule has 0 saturated heterocycles. The van der Waals surface area contributed by atoms with Gasteiger partial charge in [-0.2, -0.15) is 4.98 Å². The Morgan fingerprint density at radius 2 is 2.00 bits per heavy atom. The molecule has 2 atom stereocenters. The Bertz CT molecular complexity index is 476. The third-order valence-electron chi connectivity index (χ3n) is 2.59. The van der Waals surface area contributed by atoms with Crippen LogP contribution in [0.15, 0.2) is 16.5 Å². The molecule has 2 heterocycles. The van der Waals surface area contributed by atoms with Gasteiger partial charge in [-0.05, 0) is 26.0 Å². The normalized spacial score (nSPS) is 15.5. The zero-order chi connectivity index (χ0) is 11.0. The van der Waals surface area contributed by atoms with Crippen LogP contribution in [0.1, 0.15) is 31.4 Å². The third-order valence-corrected chi connectivity index (χ3v) is 2.59. The average molecular weight is 205 g/mol. The number of pyridine rings is 1. The lowest BCUT2D eigenvalue weighted by Crippen LogP contribution is -2.22. The second-order valence-corrected chi connectivity index (χ2v) is 3.97. The second kappa shape index (κ2) is 3.62. The molecular formula is C11H15N3O. The molecule has 0 amide bonds. The predicted molar refractivity (Wildman–Crippen MR) is 58.6 cm³/mol. The van der Waals surface area contributed by atoms with E-state index in [1.807, 2.05) is 32.9 Å². The third kappa shape index (κ3) is 1.85. The average Bonchev–Trinajstić information content (AvgIpc) is 2.58. The molecule has 0 bridgehead atoms. The monoisotopic (exact) mass is 205 g/mol. The van der Waals surface area contributed by atoms with Crippen molar-refractivity contribution < 1.29 is 4.42 Å². The minimum atomic E-state index is 0.0270. The molecule has 0 aliphatic heterocycles. The maximum Gasteiger partial charge on any atom is 0.201 e. The number of oxazole rings is 1. The molecule has 2 aromatic rings. The fourth-order valence-corrected chi connectivity index (χ4v) is 1.35. The van der Waals surface area contributed by atoms with E-state index in [0.717, 1.165) is 11.3 Å². The van der Waals surface area contributed by atoms with Crippen LogP contribution < -0.4 is 5.73 Å². The predicted octanol–water partition coefficient (Wildman–Crippen LogP) is 1.98. The first-order chi connectivity index (χ1) is 7.08. The van der Waals surface area contributed by atoms with Crippen molar-refractivity contribution in [1.29, 1.82) is 0 Å². The molecule has 0 saturated carbocycles. The van der Waals surface area contributed by atoms with Crippen molar-refractivity contribution in [2.45, 2.75) is 32.7 Å². The van der Waals surface area contributed by atoms with Crippen LogP contribution in [0, 0.1) is 6.92 Å². The van der Waals surface area contributed by atoms with E-state index in [-0.39, 0.29) is 12.0 Å². The van der Waals surface area contributed by atoms with E-state index in [0.29, 0.717) is 11.5 Å². The number of aryl methyl sites for hydroxylation is 1. The Kier molecular flexibility index (Phi) is 2.44. The summed E-state index contributed by atoms with van der Waals surface area (Å²) in [5, 5.41) is 0. The number of rotatable bonds is 2. The molecule has 0 aromatic carbocycles. The summed E-state index contributed by atoms with van der Waals surface area (Å²) in [5.41, 5.74) is 8.13. The number of hydrogen-bond acceptors (Lipinski definition) is 4. The van der Waals surface area contributed by atoms with Crippen LogP contribution in [0.2, 0.25) is 0 Å². The van der Waals surface area contributed by atoms with Gasteiger partial charge in [0.05, 0.1) is 0 Å². The number of fused-ring (bicyclic) bond motifs is 1. The molecule has 0 aliphatic rings. The maximum atomic E-state index is 5.80. The van der Waals surface area contributed by atoms with Gasteiger partial charge in [-0.25, -0.2) is 4.98 Å². The summed E-state index contributed by atoms with van der Waals surface area (Å²) < 4.78 is 5.59. The van der Waals surface area contributed by atoms with E-state index in [4.69, 9.17) is 10.2 Å². The van der Waals surface area contributed by atoms with Crippen molar-refractivity contribution >= 4 is 11.2 Å². The van der Waals surface area contributed by atoms with Crippen molar-refractivity contribution in [1.82, 2.24) is 9.97 Å². The Morgan fingerprint density at radius 1 is 1.27 bits per heavy atom. The van der Waals surface area contributed by atoms with Gasteiger partial charge in [0.2, 0.25) is 5.89 Å². The number of nitrogens with two attached hydrogens (primary N) is 1. The molecule has 2 aromatic heterocycles. The van der Waals surface area contributed by atoms with Crippen LogP contribution in [-0.4, -0.2) is 16.0 Å². The molecule has 0 fully saturated rings. The molecule has 15 heavy (non-hydrogen) atoms. The second-order valence-electron chi connectivity index (χ2n) is 3.97. The summed E-state index contributed by atoms with van der Waals surface area (Å²) in [6, 6.07) is 3.83. The summed E-state index contributed by atoms with van der Waals surface area (Å²) in [4.78, 5) is 8.63. The molecule has 2 unspecified atom stereocenters. The van der Waals surface area contributed by atoms with E-state index in [9.17, 15) is 0 Å². The van der Waals surface area contributed by atoms with Gasteiger partial charge in [-0.15, -0.1) is 0 Å². The van der Waals surface area contributed by atoms with Crippen molar-refractivity contribution in [3.63, 3.8) is 0 Å². The van der Waals surface area contributed by atoms with E-state index < -0.39 is 0 Å². The summed E-state index contributed by atoms with van der Waals surface area (Å²) in [6.07, 6.45) is 0. The van der Waals surface area contributed by atoms with Gasteiger partial charge in [-0.1, -0.05) is 6.92 Å². The largest absolute Gasteiger partial charge is 0.439 e. The van der Waals surface area contributed by atoms with E-state index in [1.54, 1.807) is 0 Å². The molecule has 4 heteroatoms. The SMILES string of the molecule is Cc1ccc2oc(C(C)C(C)N)nc2n1. The van der Waals surface area contributed by atoms with Gasteiger partial charge in [0, 0.05) is 17.7 Å². The smallest absolute Gasteiger partial charge is 0.201 e. The Hall–Kier alpha value is -1.42. The van der Waals surface area contributed by atoms with Gasteiger partial charge in [0.1, 0.15) is 0 Å². The van der Waals surface area contributed by atoms with Gasteiger partial charge >= 0.3 is 0 Å². The van der Waals surface area contributed by atoms with Crippen LogP contribution >= 0.6 is 0 Å². The van der Waals surface area contributed by atoms with Gasteiger partial charge < -0.3 is 10.2 Å². The molecule has 0 radical (unpaired) electrons. The molecular weight excluding hydrogens is 190 g/mol. The lowest BCUT2D eigenvalue weighted by molar-refractivity contribution is 0.451. The van der Waals surface area contributed by atoms with E-state index in [1.165, 1.54) is 0 Å². The molecule has 4 nitrogen and oxygen atoms in total. The number of hydrogen-bond donors (Lipinski definition) is 1. The quantitative estimate of drug-likeness (QED) is 0.814. The topological polar surface area (TPSA) is 64.9 Å². The van der Waals surface area contributed by atoms with Crippen molar-refractivity contribution in [2.24, 2.45) is 5.73 Å². The Morgan fingerprint density at radius 3 is 2.67 bits per heavy atom. The highest BCUT2D eigenvalue weighted by atomic mass is 16.3. The highest BCUT2D eigenvalue weighted by molar-refractivity contribution is 5.67. The Balaban J connectivity index is 2.47. The highest BCUT2D eigenvalue weighted by Gasteiger charge is 2.17. The van der Waals surface area contributed by atoms with E-state index in [2.05, 4.69) is 9.97 Å². The minimum absolute atomic E-state index is 0.0270. The summed E-state index contributed by atoms with van der Waals surface area (Å²) in [6.45, 7) is 5.88. The lowest BCUT2D eigenvalue weighted by Gasteiger charge is -2.09. The number of nitrogens with zero attached hydrogens (tertiary/aromatic N) is 2. The first-order valence-corrected chi connectivity index (χ1v) is 5.07. The molecule has 0 aliphatic carbocycles.